The van der Waals surface area contributed by atoms with Crippen LogP contribution >= 0.6 is 0 Å². The van der Waals surface area contributed by atoms with Crippen LogP contribution in [0.3, 0.4) is 0 Å². The molecule has 1 heterocycles. The molecule has 0 aromatic rings. The van der Waals surface area contributed by atoms with Gasteiger partial charge in [-0.05, 0) is 25.2 Å². The van der Waals surface area contributed by atoms with Gasteiger partial charge in [0.05, 0.1) is 12.0 Å². The van der Waals surface area contributed by atoms with Crippen LogP contribution in [0.1, 0.15) is 25.7 Å². The summed E-state index contributed by atoms with van der Waals surface area (Å²) in [5.74, 6) is -0.262. The second kappa shape index (κ2) is 2.73. The Morgan fingerprint density at radius 2 is 2.25 bits per heavy atom. The number of aliphatic carboxylic acids is 1. The van der Waals surface area contributed by atoms with E-state index in [1.54, 1.807) is 0 Å². The average Bonchev–Trinajstić information content (AvgIpc) is 2.33. The molecule has 1 N–H and O–H groups in total. The van der Waals surface area contributed by atoms with Crippen LogP contribution in [0.25, 0.3) is 0 Å². The maximum Gasteiger partial charge on any atom is 0.312 e. The number of hydrogen-bond acceptors (Lipinski definition) is 2. The third-order valence-electron chi connectivity index (χ3n) is 3.36. The van der Waals surface area contributed by atoms with Crippen molar-refractivity contribution in [2.75, 3.05) is 13.2 Å². The normalized spacial score (nSPS) is 36.3. The lowest BCUT2D eigenvalue weighted by molar-refractivity contribution is -0.155. The van der Waals surface area contributed by atoms with Gasteiger partial charge in [0.1, 0.15) is 0 Å². The molecule has 1 atom stereocenters. The minimum atomic E-state index is -0.648. The van der Waals surface area contributed by atoms with Crippen molar-refractivity contribution in [1.29, 1.82) is 0 Å². The molecule has 3 nitrogen and oxygen atoms in total. The zero-order chi connectivity index (χ0) is 8.60. The Kier molecular flexibility index (Phi) is 1.83. The Morgan fingerprint density at radius 1 is 1.50 bits per heavy atom. The molecule has 0 bridgehead atoms. The van der Waals surface area contributed by atoms with Gasteiger partial charge in [-0.3, -0.25) is 4.79 Å². The van der Waals surface area contributed by atoms with Crippen molar-refractivity contribution in [3.63, 3.8) is 0 Å². The fourth-order valence-corrected chi connectivity index (χ4v) is 2.21. The van der Waals surface area contributed by atoms with E-state index in [0.29, 0.717) is 25.6 Å². The van der Waals surface area contributed by atoms with Crippen LogP contribution in [0.5, 0.6) is 0 Å². The van der Waals surface area contributed by atoms with Gasteiger partial charge in [0, 0.05) is 6.61 Å². The second-order valence-electron chi connectivity index (χ2n) is 3.89. The molecule has 0 spiro atoms. The van der Waals surface area contributed by atoms with Crippen LogP contribution in [0.15, 0.2) is 0 Å². The van der Waals surface area contributed by atoms with Crippen molar-refractivity contribution < 1.29 is 14.6 Å². The number of hydrogen-bond donors (Lipinski definition) is 1. The molecule has 3 heteroatoms. The third-order valence-corrected chi connectivity index (χ3v) is 3.36. The summed E-state index contributed by atoms with van der Waals surface area (Å²) in [6, 6.07) is 0. The molecule has 2 rings (SSSR count). The summed E-state index contributed by atoms with van der Waals surface area (Å²) in [6.07, 6.45) is 4.07. The lowest BCUT2D eigenvalue weighted by atomic mass is 9.65. The highest BCUT2D eigenvalue weighted by Crippen LogP contribution is 2.47. The Bertz CT molecular complexity index is 190. The second-order valence-corrected chi connectivity index (χ2v) is 3.89. The summed E-state index contributed by atoms with van der Waals surface area (Å²) in [4.78, 5) is 11.1. The van der Waals surface area contributed by atoms with Gasteiger partial charge >= 0.3 is 5.97 Å². The molecular weight excluding hydrogens is 156 g/mol. The van der Waals surface area contributed by atoms with E-state index >= 15 is 0 Å². The minimum absolute atomic E-state index is 0.387. The number of carbonyl (C=O) groups is 1. The van der Waals surface area contributed by atoms with Crippen molar-refractivity contribution in [1.82, 2.24) is 0 Å². The first-order valence-electron chi connectivity index (χ1n) is 4.57. The zero-order valence-corrected chi connectivity index (χ0v) is 7.08. The van der Waals surface area contributed by atoms with Crippen LogP contribution in [0.4, 0.5) is 0 Å². The Balaban J connectivity index is 2.14. The van der Waals surface area contributed by atoms with E-state index in [0.717, 1.165) is 12.8 Å². The highest BCUT2D eigenvalue weighted by atomic mass is 16.5. The van der Waals surface area contributed by atoms with Crippen LogP contribution in [-0.4, -0.2) is 24.3 Å². The van der Waals surface area contributed by atoms with E-state index in [1.807, 2.05) is 0 Å². The number of ether oxygens (including phenoxy) is 1. The van der Waals surface area contributed by atoms with Gasteiger partial charge in [-0.1, -0.05) is 6.42 Å². The van der Waals surface area contributed by atoms with Gasteiger partial charge in [0.15, 0.2) is 0 Å². The monoisotopic (exact) mass is 170 g/mol. The van der Waals surface area contributed by atoms with E-state index < -0.39 is 11.4 Å². The van der Waals surface area contributed by atoms with E-state index in [2.05, 4.69) is 0 Å². The van der Waals surface area contributed by atoms with E-state index in [1.165, 1.54) is 6.42 Å². The van der Waals surface area contributed by atoms with Gasteiger partial charge in [0.25, 0.3) is 0 Å². The highest BCUT2D eigenvalue weighted by Gasteiger charge is 2.50. The fraction of sp³-hybridized carbons (Fsp3) is 0.889. The van der Waals surface area contributed by atoms with Crippen molar-refractivity contribution in [2.24, 2.45) is 11.3 Å². The van der Waals surface area contributed by atoms with Crippen molar-refractivity contribution in [3.8, 4) is 0 Å². The first-order valence-corrected chi connectivity index (χ1v) is 4.57. The molecule has 1 saturated carbocycles. The summed E-state index contributed by atoms with van der Waals surface area (Å²) in [7, 11) is 0. The summed E-state index contributed by atoms with van der Waals surface area (Å²) in [5.41, 5.74) is -0.516. The largest absolute Gasteiger partial charge is 0.481 e. The van der Waals surface area contributed by atoms with Crippen LogP contribution in [-0.2, 0) is 9.53 Å². The molecule has 0 aromatic carbocycles. The molecule has 0 aromatic heterocycles. The van der Waals surface area contributed by atoms with Crippen molar-refractivity contribution >= 4 is 5.97 Å². The van der Waals surface area contributed by atoms with Crippen molar-refractivity contribution in [2.45, 2.75) is 25.7 Å². The molecular formula is C9H14O3. The molecule has 12 heavy (non-hydrogen) atoms. The summed E-state index contributed by atoms with van der Waals surface area (Å²) >= 11 is 0. The maximum atomic E-state index is 11.1. The topological polar surface area (TPSA) is 46.5 Å². The van der Waals surface area contributed by atoms with Gasteiger partial charge in [-0.25, -0.2) is 0 Å². The molecule has 68 valence electrons. The fourth-order valence-electron chi connectivity index (χ4n) is 2.21. The highest BCUT2D eigenvalue weighted by molar-refractivity contribution is 5.75. The Hall–Kier alpha value is -0.570. The standard InChI is InChI=1S/C9H14O3/c10-8(11)9(4-5-12-6-9)7-2-1-3-7/h7H,1-6H2,(H,10,11). The van der Waals surface area contributed by atoms with Gasteiger partial charge in [0.2, 0.25) is 0 Å². The third kappa shape index (κ3) is 0.959. The minimum Gasteiger partial charge on any atom is -0.481 e. The molecule has 2 aliphatic rings. The SMILES string of the molecule is O=C(O)C1(C2CCC2)CCOC1. The Morgan fingerprint density at radius 3 is 2.58 bits per heavy atom. The molecule has 0 radical (unpaired) electrons. The predicted octanol–water partition coefficient (Wildman–Crippen LogP) is 1.28. The van der Waals surface area contributed by atoms with Crippen LogP contribution in [0.2, 0.25) is 0 Å². The van der Waals surface area contributed by atoms with Crippen LogP contribution in [0, 0.1) is 11.3 Å². The lowest BCUT2D eigenvalue weighted by Gasteiger charge is -2.38. The zero-order valence-electron chi connectivity index (χ0n) is 7.08. The summed E-state index contributed by atoms with van der Waals surface area (Å²) in [5, 5.41) is 9.12. The van der Waals surface area contributed by atoms with E-state index in [4.69, 9.17) is 9.84 Å². The predicted molar refractivity (Wildman–Crippen MR) is 42.8 cm³/mol. The average molecular weight is 170 g/mol. The van der Waals surface area contributed by atoms with Crippen molar-refractivity contribution in [3.05, 3.63) is 0 Å². The number of carboxylic acid groups (broad SMARTS) is 1. The molecule has 1 aliphatic carbocycles. The summed E-state index contributed by atoms with van der Waals surface area (Å²) < 4.78 is 5.20. The van der Waals surface area contributed by atoms with Crippen LogP contribution < -0.4 is 0 Å². The lowest BCUT2D eigenvalue weighted by Crippen LogP contribution is -2.42. The van der Waals surface area contributed by atoms with E-state index in [-0.39, 0.29) is 0 Å². The maximum absolute atomic E-state index is 11.1. The molecule has 0 amide bonds. The number of carboxylic acids is 1. The molecule has 1 unspecified atom stereocenters. The quantitative estimate of drug-likeness (QED) is 0.679. The smallest absolute Gasteiger partial charge is 0.312 e. The summed E-state index contributed by atoms with van der Waals surface area (Å²) in [6.45, 7) is 1.07. The first-order chi connectivity index (χ1) is 5.76. The van der Waals surface area contributed by atoms with E-state index in [9.17, 15) is 4.79 Å². The molecule has 2 fully saturated rings. The Labute approximate surface area is 71.7 Å². The van der Waals surface area contributed by atoms with Gasteiger partial charge in [-0.15, -0.1) is 0 Å². The van der Waals surface area contributed by atoms with Gasteiger partial charge < -0.3 is 9.84 Å². The number of rotatable bonds is 2. The molecule has 1 aliphatic heterocycles. The van der Waals surface area contributed by atoms with Gasteiger partial charge in [-0.2, -0.15) is 0 Å². The first kappa shape index (κ1) is 8.05. The molecule has 1 saturated heterocycles.